The molecule has 0 fully saturated rings. The molecule has 1 rings (SSSR count). The average molecular weight is 419 g/mol. The Hall–Kier alpha value is -1.15. The fourth-order valence-corrected chi connectivity index (χ4v) is 2.65. The maximum Gasteiger partial charge on any atom is 0.328 e. The van der Waals surface area contributed by atoms with Gasteiger partial charge in [-0.25, -0.2) is 4.79 Å². The van der Waals surface area contributed by atoms with Gasteiger partial charge in [-0.15, -0.1) is 0 Å². The van der Waals surface area contributed by atoms with Crippen molar-refractivity contribution in [3.8, 4) is 0 Å². The molecule has 0 heterocycles. The van der Waals surface area contributed by atoms with Crippen LogP contribution in [0.15, 0.2) is 24.3 Å². The molecule has 0 saturated heterocycles. The van der Waals surface area contributed by atoms with E-state index < -0.39 is 24.0 Å². The number of hydrogen-bond acceptors (Lipinski definition) is 4. The van der Waals surface area contributed by atoms with Gasteiger partial charge in [0.05, 0.1) is 7.11 Å². The van der Waals surface area contributed by atoms with E-state index in [1.54, 1.807) is 0 Å². The minimum atomic E-state index is -1.12. The van der Waals surface area contributed by atoms with Gasteiger partial charge in [0.25, 0.3) is 0 Å². The van der Waals surface area contributed by atoms with E-state index in [0.29, 0.717) is 12.8 Å². The zero-order valence-electron chi connectivity index (χ0n) is 13.0. The van der Waals surface area contributed by atoms with Crippen molar-refractivity contribution >= 4 is 34.5 Å². The number of ether oxygens (including phenoxy) is 1. The first kappa shape index (κ1) is 18.9. The van der Waals surface area contributed by atoms with Gasteiger partial charge in [-0.3, -0.25) is 4.79 Å². The minimum Gasteiger partial charge on any atom is -0.467 e. The molecule has 0 aliphatic heterocycles. The van der Waals surface area contributed by atoms with Gasteiger partial charge in [-0.05, 0) is 46.6 Å². The van der Waals surface area contributed by atoms with Crippen LogP contribution in [0.4, 0.5) is 0 Å². The second-order valence-corrected chi connectivity index (χ2v) is 6.69. The molecule has 122 valence electrons. The first-order valence-electron chi connectivity index (χ1n) is 7.14. The summed E-state index contributed by atoms with van der Waals surface area (Å²) in [7, 11) is 1.28. The standard InChI is InChI=1S/C16H22INO4/c1-10(2)8-14(19)15(20)18-13(16(21)22-3)9-11-6-4-5-7-12(11)17/h4-7,10,13-14,19H,8-9H2,1-3H3,(H,18,20)/t13-,14-/m0/s1. The number of carbonyl (C=O) groups is 2. The highest BCUT2D eigenvalue weighted by Crippen LogP contribution is 2.14. The fourth-order valence-electron chi connectivity index (χ4n) is 2.04. The summed E-state index contributed by atoms with van der Waals surface area (Å²) in [5.41, 5.74) is 0.942. The summed E-state index contributed by atoms with van der Waals surface area (Å²) < 4.78 is 5.75. The number of halogens is 1. The number of amides is 1. The molecule has 1 amide bonds. The molecule has 0 unspecified atom stereocenters. The Morgan fingerprint density at radius 3 is 2.50 bits per heavy atom. The number of hydrogen-bond donors (Lipinski definition) is 2. The number of esters is 1. The first-order valence-corrected chi connectivity index (χ1v) is 8.22. The third-order valence-corrected chi connectivity index (χ3v) is 4.23. The second-order valence-electron chi connectivity index (χ2n) is 5.53. The Bertz CT molecular complexity index is 519. The van der Waals surface area contributed by atoms with E-state index >= 15 is 0 Å². The number of benzene rings is 1. The van der Waals surface area contributed by atoms with Crippen LogP contribution in [0.5, 0.6) is 0 Å². The highest BCUT2D eigenvalue weighted by atomic mass is 127. The Morgan fingerprint density at radius 1 is 1.32 bits per heavy atom. The van der Waals surface area contributed by atoms with Gasteiger partial charge in [0.2, 0.25) is 5.91 Å². The monoisotopic (exact) mass is 419 g/mol. The zero-order chi connectivity index (χ0) is 16.7. The summed E-state index contributed by atoms with van der Waals surface area (Å²) >= 11 is 2.18. The van der Waals surface area contributed by atoms with Gasteiger partial charge < -0.3 is 15.2 Å². The van der Waals surface area contributed by atoms with E-state index in [9.17, 15) is 14.7 Å². The van der Waals surface area contributed by atoms with Gasteiger partial charge in [0, 0.05) is 9.99 Å². The lowest BCUT2D eigenvalue weighted by molar-refractivity contribution is -0.146. The lowest BCUT2D eigenvalue weighted by atomic mass is 10.0. The van der Waals surface area contributed by atoms with Crippen molar-refractivity contribution in [2.75, 3.05) is 7.11 Å². The van der Waals surface area contributed by atoms with Crippen LogP contribution in [0.3, 0.4) is 0 Å². The van der Waals surface area contributed by atoms with Gasteiger partial charge in [0.15, 0.2) is 0 Å². The highest BCUT2D eigenvalue weighted by Gasteiger charge is 2.26. The number of carbonyl (C=O) groups excluding carboxylic acids is 2. The number of nitrogens with one attached hydrogen (secondary N) is 1. The Morgan fingerprint density at radius 2 is 1.95 bits per heavy atom. The van der Waals surface area contributed by atoms with E-state index in [4.69, 9.17) is 4.74 Å². The largest absolute Gasteiger partial charge is 0.467 e. The summed E-state index contributed by atoms with van der Waals surface area (Å²) in [5.74, 6) is -0.882. The van der Waals surface area contributed by atoms with Gasteiger partial charge in [-0.1, -0.05) is 32.0 Å². The molecule has 2 N–H and O–H groups in total. The van der Waals surface area contributed by atoms with Crippen LogP contribution in [0.2, 0.25) is 0 Å². The number of methoxy groups -OCH3 is 1. The summed E-state index contributed by atoms with van der Waals surface area (Å²) in [5, 5.41) is 12.4. The summed E-state index contributed by atoms with van der Waals surface area (Å²) in [4.78, 5) is 23.9. The van der Waals surface area contributed by atoms with Crippen molar-refractivity contribution in [3.63, 3.8) is 0 Å². The molecule has 6 heteroatoms. The molecule has 0 spiro atoms. The van der Waals surface area contributed by atoms with Crippen molar-refractivity contribution < 1.29 is 19.4 Å². The smallest absolute Gasteiger partial charge is 0.328 e. The molecule has 0 aromatic heterocycles. The molecule has 0 saturated carbocycles. The lowest BCUT2D eigenvalue weighted by Crippen LogP contribution is -2.47. The van der Waals surface area contributed by atoms with Crippen molar-refractivity contribution in [1.82, 2.24) is 5.32 Å². The molecule has 0 aliphatic carbocycles. The van der Waals surface area contributed by atoms with Gasteiger partial charge >= 0.3 is 5.97 Å². The van der Waals surface area contributed by atoms with Crippen LogP contribution in [0.25, 0.3) is 0 Å². The summed E-state index contributed by atoms with van der Waals surface area (Å²) in [6.07, 6.45) is -0.448. The highest BCUT2D eigenvalue weighted by molar-refractivity contribution is 14.1. The van der Waals surface area contributed by atoms with E-state index in [1.165, 1.54) is 7.11 Å². The van der Waals surface area contributed by atoms with E-state index in [1.807, 2.05) is 38.1 Å². The summed E-state index contributed by atoms with van der Waals surface area (Å²) in [6, 6.07) is 6.80. The zero-order valence-corrected chi connectivity index (χ0v) is 15.2. The molecule has 5 nitrogen and oxygen atoms in total. The second kappa shape index (κ2) is 9.09. The molecule has 1 aromatic rings. The van der Waals surface area contributed by atoms with E-state index in [-0.39, 0.29) is 5.92 Å². The topological polar surface area (TPSA) is 75.6 Å². The molecule has 1 aromatic carbocycles. The molecule has 0 bridgehead atoms. The molecular weight excluding hydrogens is 397 g/mol. The van der Waals surface area contributed by atoms with Crippen LogP contribution in [-0.2, 0) is 20.7 Å². The maximum absolute atomic E-state index is 12.0. The molecular formula is C16H22INO4. The first-order chi connectivity index (χ1) is 10.3. The summed E-state index contributed by atoms with van der Waals surface area (Å²) in [6.45, 7) is 3.83. The average Bonchev–Trinajstić information content (AvgIpc) is 2.47. The van der Waals surface area contributed by atoms with Crippen LogP contribution >= 0.6 is 22.6 Å². The predicted molar refractivity (Wildman–Crippen MR) is 92.3 cm³/mol. The molecule has 22 heavy (non-hydrogen) atoms. The lowest BCUT2D eigenvalue weighted by Gasteiger charge is -2.20. The predicted octanol–water partition coefficient (Wildman–Crippen LogP) is 1.90. The van der Waals surface area contributed by atoms with Crippen molar-refractivity contribution in [1.29, 1.82) is 0 Å². The Balaban J connectivity index is 2.79. The van der Waals surface area contributed by atoms with Crippen LogP contribution in [0.1, 0.15) is 25.8 Å². The fraction of sp³-hybridized carbons (Fsp3) is 0.500. The number of aliphatic hydroxyl groups is 1. The van der Waals surface area contributed by atoms with Crippen molar-refractivity contribution in [3.05, 3.63) is 33.4 Å². The Kier molecular flexibility index (Phi) is 7.81. The normalized spacial score (nSPS) is 13.5. The minimum absolute atomic E-state index is 0.187. The SMILES string of the molecule is COC(=O)[C@H](Cc1ccccc1I)NC(=O)[C@@H](O)CC(C)C. The molecule has 2 atom stereocenters. The quantitative estimate of drug-likeness (QED) is 0.523. The van der Waals surface area contributed by atoms with E-state index in [2.05, 4.69) is 27.9 Å². The van der Waals surface area contributed by atoms with Gasteiger partial charge in [0.1, 0.15) is 12.1 Å². The maximum atomic E-state index is 12.0. The van der Waals surface area contributed by atoms with Crippen LogP contribution < -0.4 is 5.32 Å². The molecule has 0 radical (unpaired) electrons. The van der Waals surface area contributed by atoms with Gasteiger partial charge in [-0.2, -0.15) is 0 Å². The Labute approximate surface area is 144 Å². The third-order valence-electron chi connectivity index (χ3n) is 3.18. The van der Waals surface area contributed by atoms with Crippen LogP contribution in [-0.4, -0.2) is 36.2 Å². The van der Waals surface area contributed by atoms with Crippen LogP contribution in [0, 0.1) is 9.49 Å². The molecule has 0 aliphatic rings. The number of aliphatic hydroxyl groups excluding tert-OH is 1. The van der Waals surface area contributed by atoms with Crippen molar-refractivity contribution in [2.24, 2.45) is 5.92 Å². The number of rotatable bonds is 7. The van der Waals surface area contributed by atoms with Crippen molar-refractivity contribution in [2.45, 2.75) is 38.8 Å². The van der Waals surface area contributed by atoms with E-state index in [0.717, 1.165) is 9.13 Å². The third kappa shape index (κ3) is 5.92.